The second kappa shape index (κ2) is 5.69. The summed E-state index contributed by atoms with van der Waals surface area (Å²) in [6, 6.07) is 9.05. The minimum atomic E-state index is -0.144. The summed E-state index contributed by atoms with van der Waals surface area (Å²) in [4.78, 5) is 16.1. The van der Waals surface area contributed by atoms with Crippen LogP contribution >= 0.6 is 0 Å². The summed E-state index contributed by atoms with van der Waals surface area (Å²) in [5, 5.41) is 6.61. The normalized spacial score (nSPS) is 13.7. The van der Waals surface area contributed by atoms with Gasteiger partial charge in [0.2, 0.25) is 0 Å². The van der Waals surface area contributed by atoms with Crippen LogP contribution in [0.5, 0.6) is 0 Å². The number of nitrogens with one attached hydrogen (secondary N) is 1. The molecule has 0 radical (unpaired) electrons. The van der Waals surface area contributed by atoms with E-state index < -0.39 is 0 Å². The number of rotatable bonds is 4. The van der Waals surface area contributed by atoms with Crippen molar-refractivity contribution in [1.29, 1.82) is 0 Å². The van der Waals surface area contributed by atoms with Gasteiger partial charge in [0, 0.05) is 11.6 Å². The van der Waals surface area contributed by atoms with Crippen molar-refractivity contribution in [3.05, 3.63) is 53.2 Å². The van der Waals surface area contributed by atoms with Crippen molar-refractivity contribution in [3.8, 4) is 0 Å². The van der Waals surface area contributed by atoms with Gasteiger partial charge in [-0.05, 0) is 31.4 Å². The van der Waals surface area contributed by atoms with E-state index in [-0.39, 0.29) is 12.5 Å². The minimum Gasteiger partial charge on any atom is -0.345 e. The lowest BCUT2D eigenvalue weighted by atomic mass is 9.92. The van der Waals surface area contributed by atoms with Gasteiger partial charge in [-0.3, -0.25) is 4.79 Å². The summed E-state index contributed by atoms with van der Waals surface area (Å²) in [7, 11) is 0. The summed E-state index contributed by atoms with van der Waals surface area (Å²) < 4.78 is 5.12. The maximum absolute atomic E-state index is 11.8. The Hall–Kier alpha value is -2.43. The Kier molecular flexibility index (Phi) is 3.58. The Morgan fingerprint density at radius 2 is 2.10 bits per heavy atom. The van der Waals surface area contributed by atoms with Gasteiger partial charge in [0.25, 0.3) is 11.8 Å². The van der Waals surface area contributed by atoms with Crippen LogP contribution in [0.15, 0.2) is 40.4 Å². The molecular formula is C15H15N3O2. The average Bonchev–Trinajstić information content (AvgIpc) is 2.89. The van der Waals surface area contributed by atoms with Crippen LogP contribution in [-0.4, -0.2) is 16.0 Å². The molecule has 5 heteroatoms. The van der Waals surface area contributed by atoms with Gasteiger partial charge in [-0.25, -0.2) is 0 Å². The fourth-order valence-corrected chi connectivity index (χ4v) is 1.95. The predicted molar refractivity (Wildman–Crippen MR) is 73.7 cm³/mol. The molecule has 2 aromatic rings. The SMILES string of the molecule is O=C(NCc1noc(C=C2CCC2)n1)c1ccccc1. The molecule has 0 bridgehead atoms. The summed E-state index contributed by atoms with van der Waals surface area (Å²) in [6.07, 6.45) is 5.39. The molecule has 1 fully saturated rings. The summed E-state index contributed by atoms with van der Waals surface area (Å²) in [5.41, 5.74) is 1.96. The van der Waals surface area contributed by atoms with Crippen molar-refractivity contribution in [3.63, 3.8) is 0 Å². The highest BCUT2D eigenvalue weighted by Crippen LogP contribution is 2.26. The highest BCUT2D eigenvalue weighted by Gasteiger charge is 2.12. The first-order chi connectivity index (χ1) is 9.81. The van der Waals surface area contributed by atoms with Crippen LogP contribution in [-0.2, 0) is 6.54 Å². The van der Waals surface area contributed by atoms with Crippen LogP contribution < -0.4 is 5.32 Å². The molecule has 1 N–H and O–H groups in total. The smallest absolute Gasteiger partial charge is 0.251 e. The summed E-state index contributed by atoms with van der Waals surface area (Å²) in [6.45, 7) is 0.264. The third kappa shape index (κ3) is 2.93. The number of benzene rings is 1. The minimum absolute atomic E-state index is 0.144. The number of hydrogen-bond donors (Lipinski definition) is 1. The molecule has 1 aliphatic rings. The molecule has 1 amide bonds. The third-order valence-corrected chi connectivity index (χ3v) is 3.25. The van der Waals surface area contributed by atoms with Crippen molar-refractivity contribution >= 4 is 12.0 Å². The number of carbonyl (C=O) groups excluding carboxylic acids is 1. The van der Waals surface area contributed by atoms with Gasteiger partial charge in [-0.15, -0.1) is 0 Å². The quantitative estimate of drug-likeness (QED) is 0.926. The van der Waals surface area contributed by atoms with Crippen LogP contribution in [0.1, 0.15) is 41.3 Å². The van der Waals surface area contributed by atoms with Gasteiger partial charge < -0.3 is 9.84 Å². The molecule has 0 spiro atoms. The first kappa shape index (κ1) is 12.6. The molecule has 1 aromatic carbocycles. The zero-order valence-electron chi connectivity index (χ0n) is 11.0. The highest BCUT2D eigenvalue weighted by atomic mass is 16.5. The van der Waals surface area contributed by atoms with Crippen molar-refractivity contribution in [2.75, 3.05) is 0 Å². The monoisotopic (exact) mass is 269 g/mol. The number of allylic oxidation sites excluding steroid dienone is 1. The van der Waals surface area contributed by atoms with E-state index in [9.17, 15) is 4.79 Å². The Morgan fingerprint density at radius 3 is 2.80 bits per heavy atom. The van der Waals surface area contributed by atoms with E-state index in [1.54, 1.807) is 12.1 Å². The molecule has 3 rings (SSSR count). The number of nitrogens with zero attached hydrogens (tertiary/aromatic N) is 2. The van der Waals surface area contributed by atoms with E-state index >= 15 is 0 Å². The molecule has 1 aliphatic carbocycles. The maximum Gasteiger partial charge on any atom is 0.251 e. The molecule has 20 heavy (non-hydrogen) atoms. The van der Waals surface area contributed by atoms with Crippen molar-refractivity contribution in [2.45, 2.75) is 25.8 Å². The molecule has 0 aliphatic heterocycles. The van der Waals surface area contributed by atoms with E-state index in [0.29, 0.717) is 17.3 Å². The number of hydrogen-bond acceptors (Lipinski definition) is 4. The van der Waals surface area contributed by atoms with E-state index in [1.807, 2.05) is 24.3 Å². The summed E-state index contributed by atoms with van der Waals surface area (Å²) >= 11 is 0. The van der Waals surface area contributed by atoms with Crippen LogP contribution in [0.25, 0.3) is 6.08 Å². The number of aromatic nitrogens is 2. The lowest BCUT2D eigenvalue weighted by molar-refractivity contribution is 0.0949. The van der Waals surface area contributed by atoms with E-state index in [1.165, 1.54) is 12.0 Å². The van der Waals surface area contributed by atoms with E-state index in [2.05, 4.69) is 15.5 Å². The zero-order chi connectivity index (χ0) is 13.8. The molecule has 5 nitrogen and oxygen atoms in total. The molecule has 0 atom stereocenters. The van der Waals surface area contributed by atoms with Crippen LogP contribution in [0, 0.1) is 0 Å². The Balaban J connectivity index is 1.57. The van der Waals surface area contributed by atoms with Gasteiger partial charge in [-0.2, -0.15) is 4.98 Å². The number of carbonyl (C=O) groups is 1. The Morgan fingerprint density at radius 1 is 1.30 bits per heavy atom. The molecular weight excluding hydrogens is 254 g/mol. The standard InChI is InChI=1S/C15H15N3O2/c19-15(12-7-2-1-3-8-12)16-10-13-17-14(20-18-13)9-11-5-4-6-11/h1-3,7-9H,4-6,10H2,(H,16,19). The molecule has 1 saturated carbocycles. The van der Waals surface area contributed by atoms with Crippen LogP contribution in [0.3, 0.4) is 0 Å². The topological polar surface area (TPSA) is 68.0 Å². The zero-order valence-corrected chi connectivity index (χ0v) is 11.0. The molecule has 0 saturated heterocycles. The second-order valence-corrected chi connectivity index (χ2v) is 4.75. The molecule has 1 heterocycles. The molecule has 102 valence electrons. The van der Waals surface area contributed by atoms with Gasteiger partial charge in [0.05, 0.1) is 6.54 Å². The van der Waals surface area contributed by atoms with E-state index in [4.69, 9.17) is 4.52 Å². The van der Waals surface area contributed by atoms with Crippen LogP contribution in [0.2, 0.25) is 0 Å². The fourth-order valence-electron chi connectivity index (χ4n) is 1.95. The van der Waals surface area contributed by atoms with Crippen LogP contribution in [0.4, 0.5) is 0 Å². The second-order valence-electron chi connectivity index (χ2n) is 4.75. The average molecular weight is 269 g/mol. The van der Waals surface area contributed by atoms with Gasteiger partial charge in [0.15, 0.2) is 5.82 Å². The van der Waals surface area contributed by atoms with Crippen molar-refractivity contribution in [2.24, 2.45) is 0 Å². The summed E-state index contributed by atoms with van der Waals surface area (Å²) in [5.74, 6) is 0.860. The lowest BCUT2D eigenvalue weighted by Crippen LogP contribution is -2.23. The van der Waals surface area contributed by atoms with Crippen molar-refractivity contribution in [1.82, 2.24) is 15.5 Å². The van der Waals surface area contributed by atoms with Crippen molar-refractivity contribution < 1.29 is 9.32 Å². The molecule has 1 aromatic heterocycles. The Labute approximate surface area is 116 Å². The number of amides is 1. The Bertz CT molecular complexity index is 626. The highest BCUT2D eigenvalue weighted by molar-refractivity contribution is 5.93. The predicted octanol–water partition coefficient (Wildman–Crippen LogP) is 2.57. The first-order valence-corrected chi connectivity index (χ1v) is 6.66. The fraction of sp³-hybridized carbons (Fsp3) is 0.267. The van der Waals surface area contributed by atoms with E-state index in [0.717, 1.165) is 12.8 Å². The van der Waals surface area contributed by atoms with Gasteiger partial charge >= 0.3 is 0 Å². The maximum atomic E-state index is 11.8. The first-order valence-electron chi connectivity index (χ1n) is 6.66. The van der Waals surface area contributed by atoms with Gasteiger partial charge in [-0.1, -0.05) is 28.9 Å². The van der Waals surface area contributed by atoms with Gasteiger partial charge in [0.1, 0.15) is 0 Å². The lowest BCUT2D eigenvalue weighted by Gasteiger charge is -2.14. The molecule has 0 unspecified atom stereocenters. The third-order valence-electron chi connectivity index (χ3n) is 3.25. The largest absolute Gasteiger partial charge is 0.345 e.